The lowest BCUT2D eigenvalue weighted by atomic mass is 10.1. The lowest BCUT2D eigenvalue weighted by Crippen LogP contribution is -2.54. The van der Waals surface area contributed by atoms with E-state index in [4.69, 9.17) is 0 Å². The second-order valence-electron chi connectivity index (χ2n) is 8.67. The summed E-state index contributed by atoms with van der Waals surface area (Å²) >= 11 is 0. The largest absolute Gasteiger partial charge is 0.341 e. The van der Waals surface area contributed by atoms with Crippen molar-refractivity contribution >= 4 is 39.3 Å². The second kappa shape index (κ2) is 8.71. The molecule has 164 valence electrons. The van der Waals surface area contributed by atoms with Crippen molar-refractivity contribution in [2.75, 3.05) is 31.5 Å². The zero-order valence-electron chi connectivity index (χ0n) is 18.9. The van der Waals surface area contributed by atoms with Crippen molar-refractivity contribution in [1.82, 2.24) is 14.4 Å². The van der Waals surface area contributed by atoms with E-state index in [2.05, 4.69) is 58.1 Å². The van der Waals surface area contributed by atoms with Crippen molar-refractivity contribution in [3.05, 3.63) is 42.5 Å². The first-order valence-corrected chi connectivity index (χ1v) is 11.3. The van der Waals surface area contributed by atoms with Crippen LogP contribution in [0.3, 0.4) is 0 Å². The van der Waals surface area contributed by atoms with Gasteiger partial charge in [0.2, 0.25) is 11.8 Å². The lowest BCUT2D eigenvalue weighted by molar-refractivity contribution is -0.136. The zero-order valence-corrected chi connectivity index (χ0v) is 18.9. The number of fused-ring (bicyclic) bond motifs is 3. The number of amides is 2. The Hall–Kier alpha value is -2.86. The molecule has 31 heavy (non-hydrogen) atoms. The first-order valence-electron chi connectivity index (χ1n) is 11.3. The fourth-order valence-corrected chi connectivity index (χ4v) is 4.58. The maximum absolute atomic E-state index is 13.0. The molecule has 1 N–H and O–H groups in total. The smallest absolute Gasteiger partial charge is 0.241 e. The molecule has 4 rings (SSSR count). The summed E-state index contributed by atoms with van der Waals surface area (Å²) < 4.78 is 2.30. The quantitative estimate of drug-likeness (QED) is 0.680. The van der Waals surface area contributed by atoms with Crippen molar-refractivity contribution in [2.45, 2.75) is 40.3 Å². The van der Waals surface area contributed by atoms with E-state index in [0.29, 0.717) is 13.1 Å². The Balaban J connectivity index is 1.47. The molecule has 0 spiro atoms. The van der Waals surface area contributed by atoms with Crippen LogP contribution in [-0.2, 0) is 16.1 Å². The predicted octanol–water partition coefficient (Wildman–Crippen LogP) is 3.94. The summed E-state index contributed by atoms with van der Waals surface area (Å²) in [6.07, 6.45) is 0. The molecular formula is C25H32N4O2. The van der Waals surface area contributed by atoms with Crippen LogP contribution in [0.5, 0.6) is 0 Å². The maximum atomic E-state index is 13.0. The summed E-state index contributed by atoms with van der Waals surface area (Å²) in [6, 6.07) is 14.3. The van der Waals surface area contributed by atoms with E-state index in [9.17, 15) is 9.59 Å². The van der Waals surface area contributed by atoms with Gasteiger partial charge in [0.15, 0.2) is 0 Å². The van der Waals surface area contributed by atoms with Crippen molar-refractivity contribution in [1.29, 1.82) is 0 Å². The number of aromatic nitrogens is 1. The van der Waals surface area contributed by atoms with Gasteiger partial charge in [-0.3, -0.25) is 14.5 Å². The Morgan fingerprint density at radius 3 is 2.29 bits per heavy atom. The molecule has 1 atom stereocenters. The number of aryl methyl sites for hydroxylation is 1. The van der Waals surface area contributed by atoms with Gasteiger partial charge in [0.25, 0.3) is 0 Å². The minimum atomic E-state index is -0.246. The summed E-state index contributed by atoms with van der Waals surface area (Å²) in [7, 11) is 0. The number of nitrogens with zero attached hydrogens (tertiary/aromatic N) is 3. The van der Waals surface area contributed by atoms with Crippen LogP contribution < -0.4 is 5.32 Å². The van der Waals surface area contributed by atoms with E-state index in [1.807, 2.05) is 31.7 Å². The van der Waals surface area contributed by atoms with Crippen LogP contribution in [0.2, 0.25) is 0 Å². The third kappa shape index (κ3) is 4.04. The molecule has 0 saturated carbocycles. The lowest BCUT2D eigenvalue weighted by Gasteiger charge is -2.38. The molecule has 1 aromatic heterocycles. The fraction of sp³-hybridized carbons (Fsp3) is 0.440. The van der Waals surface area contributed by atoms with Crippen LogP contribution in [-0.4, -0.2) is 58.4 Å². The number of carbonyl (C=O) groups is 2. The van der Waals surface area contributed by atoms with Gasteiger partial charge >= 0.3 is 0 Å². The summed E-state index contributed by atoms with van der Waals surface area (Å²) in [6.45, 7) is 11.6. The average Bonchev–Trinajstić information content (AvgIpc) is 3.11. The highest BCUT2D eigenvalue weighted by Gasteiger charge is 2.28. The van der Waals surface area contributed by atoms with Crippen LogP contribution in [0, 0.1) is 5.92 Å². The number of carbonyl (C=O) groups excluding carboxylic acids is 2. The maximum Gasteiger partial charge on any atom is 0.241 e. The van der Waals surface area contributed by atoms with E-state index in [0.717, 1.165) is 30.7 Å². The zero-order chi connectivity index (χ0) is 22.1. The van der Waals surface area contributed by atoms with Crippen LogP contribution in [0.25, 0.3) is 21.8 Å². The third-order valence-electron chi connectivity index (χ3n) is 6.40. The standard InChI is InChI=1S/C25H32N4O2/c1-5-29-22-9-7-6-8-20(22)21-16-19(10-11-23(21)29)26-24(30)18(4)27-12-14-28(15-13-27)25(31)17(2)3/h6-11,16-18H,5,12-15H2,1-4H3,(H,26,30)/t18-/m1/s1. The SMILES string of the molecule is CCn1c2ccccc2c2cc(NC(=O)[C@@H](C)N3CCN(C(=O)C(C)C)CC3)ccc21. The number of hydrogen-bond acceptors (Lipinski definition) is 3. The molecule has 3 aromatic rings. The van der Waals surface area contributed by atoms with E-state index < -0.39 is 0 Å². The van der Waals surface area contributed by atoms with Crippen LogP contribution in [0.1, 0.15) is 27.7 Å². The highest BCUT2D eigenvalue weighted by atomic mass is 16.2. The van der Waals surface area contributed by atoms with Crippen LogP contribution in [0.4, 0.5) is 5.69 Å². The Morgan fingerprint density at radius 1 is 0.935 bits per heavy atom. The summed E-state index contributed by atoms with van der Waals surface area (Å²) in [5.74, 6) is 0.194. The van der Waals surface area contributed by atoms with E-state index in [1.54, 1.807) is 0 Å². The van der Waals surface area contributed by atoms with E-state index >= 15 is 0 Å². The predicted molar refractivity (Wildman–Crippen MR) is 126 cm³/mol. The van der Waals surface area contributed by atoms with E-state index in [-0.39, 0.29) is 23.8 Å². The Bertz CT molecular complexity index is 1110. The number of para-hydroxylation sites is 1. The first-order chi connectivity index (χ1) is 14.9. The Kier molecular flexibility index (Phi) is 6.01. The number of hydrogen-bond donors (Lipinski definition) is 1. The van der Waals surface area contributed by atoms with Crippen molar-refractivity contribution in [3.8, 4) is 0 Å². The number of rotatable bonds is 5. The molecule has 6 nitrogen and oxygen atoms in total. The summed E-state index contributed by atoms with van der Waals surface area (Å²) in [4.78, 5) is 29.2. The summed E-state index contributed by atoms with van der Waals surface area (Å²) in [5.41, 5.74) is 3.21. The van der Waals surface area contributed by atoms with E-state index in [1.165, 1.54) is 16.4 Å². The first kappa shape index (κ1) is 21.4. The number of anilines is 1. The molecule has 2 amide bonds. The second-order valence-corrected chi connectivity index (χ2v) is 8.67. The molecule has 6 heteroatoms. The Labute approximate surface area is 183 Å². The van der Waals surface area contributed by atoms with Crippen LogP contribution >= 0.6 is 0 Å². The minimum Gasteiger partial charge on any atom is -0.341 e. The Morgan fingerprint density at radius 2 is 1.61 bits per heavy atom. The van der Waals surface area contributed by atoms with Gasteiger partial charge in [0.1, 0.15) is 0 Å². The van der Waals surface area contributed by atoms with Gasteiger partial charge in [-0.05, 0) is 38.1 Å². The van der Waals surface area contributed by atoms with Gasteiger partial charge in [-0.1, -0.05) is 32.0 Å². The molecule has 2 heterocycles. The van der Waals surface area contributed by atoms with Gasteiger partial charge in [-0.25, -0.2) is 0 Å². The van der Waals surface area contributed by atoms with Crippen LogP contribution in [0.15, 0.2) is 42.5 Å². The number of nitrogens with one attached hydrogen (secondary N) is 1. The van der Waals surface area contributed by atoms with Gasteiger partial charge in [0, 0.05) is 66.1 Å². The number of piperazine rings is 1. The highest BCUT2D eigenvalue weighted by Crippen LogP contribution is 2.31. The topological polar surface area (TPSA) is 57.6 Å². The molecule has 1 aliphatic heterocycles. The van der Waals surface area contributed by atoms with Gasteiger partial charge in [-0.15, -0.1) is 0 Å². The van der Waals surface area contributed by atoms with Gasteiger partial charge in [-0.2, -0.15) is 0 Å². The highest BCUT2D eigenvalue weighted by molar-refractivity contribution is 6.10. The molecule has 1 saturated heterocycles. The third-order valence-corrected chi connectivity index (χ3v) is 6.40. The molecule has 2 aromatic carbocycles. The minimum absolute atomic E-state index is 0.0118. The fourth-order valence-electron chi connectivity index (χ4n) is 4.58. The van der Waals surface area contributed by atoms with Gasteiger partial charge < -0.3 is 14.8 Å². The monoisotopic (exact) mass is 420 g/mol. The molecule has 1 fully saturated rings. The molecule has 0 bridgehead atoms. The van der Waals surface area contributed by atoms with Crippen molar-refractivity contribution < 1.29 is 9.59 Å². The molecular weight excluding hydrogens is 388 g/mol. The van der Waals surface area contributed by atoms with Gasteiger partial charge in [0.05, 0.1) is 6.04 Å². The number of benzene rings is 2. The molecule has 0 radical (unpaired) electrons. The molecule has 1 aliphatic rings. The molecule has 0 aliphatic carbocycles. The molecule has 0 unspecified atom stereocenters. The average molecular weight is 421 g/mol. The normalized spacial score (nSPS) is 16.2. The van der Waals surface area contributed by atoms with Crippen molar-refractivity contribution in [2.24, 2.45) is 5.92 Å². The van der Waals surface area contributed by atoms with Crippen molar-refractivity contribution in [3.63, 3.8) is 0 Å². The summed E-state index contributed by atoms with van der Waals surface area (Å²) in [5, 5.41) is 5.46.